The van der Waals surface area contributed by atoms with E-state index < -0.39 is 11.8 Å². The minimum Gasteiger partial charge on any atom is -0.506 e. The number of halogens is 2. The predicted molar refractivity (Wildman–Crippen MR) is 96.9 cm³/mol. The van der Waals surface area contributed by atoms with Crippen molar-refractivity contribution in [1.29, 1.82) is 0 Å². The van der Waals surface area contributed by atoms with Gasteiger partial charge in [0.1, 0.15) is 11.6 Å². The van der Waals surface area contributed by atoms with Gasteiger partial charge in [0.15, 0.2) is 0 Å². The zero-order valence-electron chi connectivity index (χ0n) is 13.8. The molecule has 6 nitrogen and oxygen atoms in total. The largest absolute Gasteiger partial charge is 0.506 e. The number of hydrogen-bond acceptors (Lipinski definition) is 4. The van der Waals surface area contributed by atoms with Crippen molar-refractivity contribution in [2.24, 2.45) is 0 Å². The van der Waals surface area contributed by atoms with Crippen LogP contribution in [0.2, 0.25) is 5.02 Å². The number of phenols is 1. The Bertz CT molecular complexity index is 838. The molecule has 2 amide bonds. The summed E-state index contributed by atoms with van der Waals surface area (Å²) in [6.45, 7) is 1.43. The molecule has 1 saturated heterocycles. The van der Waals surface area contributed by atoms with Crippen molar-refractivity contribution in [3.63, 3.8) is 0 Å². The van der Waals surface area contributed by atoms with Crippen LogP contribution in [0.4, 0.5) is 15.8 Å². The molecular weight excluding hydrogens is 361 g/mol. The quantitative estimate of drug-likeness (QED) is 0.623. The molecule has 0 spiro atoms. The van der Waals surface area contributed by atoms with Crippen LogP contribution in [-0.4, -0.2) is 48.0 Å². The zero-order valence-corrected chi connectivity index (χ0v) is 14.5. The number of rotatable bonds is 2. The molecule has 1 aliphatic rings. The van der Waals surface area contributed by atoms with E-state index in [1.54, 1.807) is 18.2 Å². The molecule has 3 rings (SSSR count). The third kappa shape index (κ3) is 3.88. The number of piperazine rings is 1. The van der Waals surface area contributed by atoms with Crippen LogP contribution in [0, 0.1) is 5.82 Å². The van der Waals surface area contributed by atoms with Crippen LogP contribution in [0.15, 0.2) is 42.5 Å². The summed E-state index contributed by atoms with van der Waals surface area (Å²) < 4.78 is 13.9. The molecule has 26 heavy (non-hydrogen) atoms. The number of phenolic OH excluding ortho intramolecular Hbond substituents is 1. The third-order valence-corrected chi connectivity index (χ3v) is 4.40. The molecule has 1 fully saturated rings. The van der Waals surface area contributed by atoms with Gasteiger partial charge < -0.3 is 20.2 Å². The van der Waals surface area contributed by atoms with Crippen LogP contribution < -0.4 is 10.2 Å². The van der Waals surface area contributed by atoms with Gasteiger partial charge >= 0.3 is 11.8 Å². The summed E-state index contributed by atoms with van der Waals surface area (Å²) in [5.74, 6) is -2.07. The first-order chi connectivity index (χ1) is 12.5. The first-order valence-electron chi connectivity index (χ1n) is 8.04. The number of para-hydroxylation sites is 1. The minimum atomic E-state index is -0.859. The molecule has 0 atom stereocenters. The Hall–Kier alpha value is -2.80. The van der Waals surface area contributed by atoms with E-state index in [0.29, 0.717) is 36.9 Å². The van der Waals surface area contributed by atoms with Crippen molar-refractivity contribution in [3.8, 4) is 5.75 Å². The molecule has 0 radical (unpaired) electrons. The fourth-order valence-electron chi connectivity index (χ4n) is 2.79. The monoisotopic (exact) mass is 377 g/mol. The maximum absolute atomic E-state index is 13.9. The Morgan fingerprint density at radius 1 is 1.08 bits per heavy atom. The molecule has 1 aliphatic heterocycles. The lowest BCUT2D eigenvalue weighted by Gasteiger charge is -2.35. The van der Waals surface area contributed by atoms with Gasteiger partial charge in [-0.2, -0.15) is 0 Å². The molecule has 0 aliphatic carbocycles. The fourth-order valence-corrected chi connectivity index (χ4v) is 2.96. The van der Waals surface area contributed by atoms with Crippen molar-refractivity contribution >= 4 is 34.8 Å². The fraction of sp³-hybridized carbons (Fsp3) is 0.222. The average molecular weight is 378 g/mol. The van der Waals surface area contributed by atoms with Gasteiger partial charge in [0.25, 0.3) is 0 Å². The van der Waals surface area contributed by atoms with Crippen LogP contribution >= 0.6 is 11.6 Å². The second-order valence-corrected chi connectivity index (χ2v) is 6.28. The van der Waals surface area contributed by atoms with E-state index in [2.05, 4.69) is 5.32 Å². The molecule has 2 aromatic carbocycles. The summed E-state index contributed by atoms with van der Waals surface area (Å²) >= 11 is 5.82. The van der Waals surface area contributed by atoms with Gasteiger partial charge in [-0.05, 0) is 30.3 Å². The molecule has 0 saturated carbocycles. The van der Waals surface area contributed by atoms with Crippen LogP contribution in [-0.2, 0) is 9.59 Å². The number of nitrogens with one attached hydrogen (secondary N) is 1. The van der Waals surface area contributed by atoms with Crippen molar-refractivity contribution in [2.75, 3.05) is 36.4 Å². The smallest absolute Gasteiger partial charge is 0.314 e. The number of aromatic hydroxyl groups is 1. The Morgan fingerprint density at radius 3 is 2.46 bits per heavy atom. The second kappa shape index (κ2) is 7.61. The molecule has 2 aromatic rings. The van der Waals surface area contributed by atoms with Crippen molar-refractivity contribution < 1.29 is 19.1 Å². The minimum absolute atomic E-state index is 0.0702. The normalized spacial score (nSPS) is 14.2. The van der Waals surface area contributed by atoms with Crippen molar-refractivity contribution in [1.82, 2.24) is 4.90 Å². The summed E-state index contributed by atoms with van der Waals surface area (Å²) in [4.78, 5) is 27.7. The number of hydrogen-bond donors (Lipinski definition) is 2. The standard InChI is InChI=1S/C18H17ClFN3O3/c19-12-5-6-16(24)14(11-12)21-17(25)18(26)23-9-7-22(8-10-23)15-4-2-1-3-13(15)20/h1-6,11,24H,7-10H2,(H,21,25). The van der Waals surface area contributed by atoms with Gasteiger partial charge in [0.05, 0.1) is 11.4 Å². The highest BCUT2D eigenvalue weighted by molar-refractivity contribution is 6.40. The molecule has 2 N–H and O–H groups in total. The number of nitrogens with zero attached hydrogens (tertiary/aromatic N) is 2. The number of carbonyl (C=O) groups is 2. The van der Waals surface area contributed by atoms with E-state index >= 15 is 0 Å². The van der Waals surface area contributed by atoms with Crippen molar-refractivity contribution in [3.05, 3.63) is 53.3 Å². The van der Waals surface area contributed by atoms with Gasteiger partial charge in [-0.3, -0.25) is 9.59 Å². The van der Waals surface area contributed by atoms with Crippen LogP contribution in [0.25, 0.3) is 0 Å². The summed E-state index contributed by atoms with van der Waals surface area (Å²) in [5, 5.41) is 12.4. The highest BCUT2D eigenvalue weighted by Crippen LogP contribution is 2.26. The summed E-state index contributed by atoms with van der Waals surface area (Å²) in [6, 6.07) is 10.6. The van der Waals surface area contributed by atoms with Gasteiger partial charge in [-0.1, -0.05) is 23.7 Å². The highest BCUT2D eigenvalue weighted by atomic mass is 35.5. The molecular formula is C18H17ClFN3O3. The average Bonchev–Trinajstić information content (AvgIpc) is 2.64. The molecule has 0 unspecified atom stereocenters. The van der Waals surface area contributed by atoms with Gasteiger partial charge in [-0.25, -0.2) is 4.39 Å². The van der Waals surface area contributed by atoms with E-state index in [4.69, 9.17) is 11.6 Å². The number of anilines is 2. The molecule has 136 valence electrons. The van der Waals surface area contributed by atoms with Gasteiger partial charge in [-0.15, -0.1) is 0 Å². The topological polar surface area (TPSA) is 72.9 Å². The van der Waals surface area contributed by atoms with E-state index in [-0.39, 0.29) is 17.3 Å². The maximum Gasteiger partial charge on any atom is 0.314 e. The first kappa shape index (κ1) is 18.0. The lowest BCUT2D eigenvalue weighted by molar-refractivity contribution is -0.143. The lowest BCUT2D eigenvalue weighted by Crippen LogP contribution is -2.51. The third-order valence-electron chi connectivity index (χ3n) is 4.16. The number of benzene rings is 2. The van der Waals surface area contributed by atoms with Crippen molar-refractivity contribution in [2.45, 2.75) is 0 Å². The van der Waals surface area contributed by atoms with Gasteiger partial charge in [0, 0.05) is 31.2 Å². The van der Waals surface area contributed by atoms with Gasteiger partial charge in [0.2, 0.25) is 0 Å². The first-order valence-corrected chi connectivity index (χ1v) is 8.42. The zero-order chi connectivity index (χ0) is 18.7. The molecule has 0 bridgehead atoms. The summed E-state index contributed by atoms with van der Waals surface area (Å²) in [6.07, 6.45) is 0. The van der Waals surface area contributed by atoms with E-state index in [9.17, 15) is 19.1 Å². The van der Waals surface area contributed by atoms with Crippen LogP contribution in [0.1, 0.15) is 0 Å². The number of amides is 2. The Morgan fingerprint density at radius 2 is 1.77 bits per heavy atom. The summed E-state index contributed by atoms with van der Waals surface area (Å²) in [7, 11) is 0. The molecule has 1 heterocycles. The second-order valence-electron chi connectivity index (χ2n) is 5.85. The van der Waals surface area contributed by atoms with Crippen LogP contribution in [0.3, 0.4) is 0 Å². The highest BCUT2D eigenvalue weighted by Gasteiger charge is 2.27. The Kier molecular flexibility index (Phi) is 5.27. The Balaban J connectivity index is 1.60. The van der Waals surface area contributed by atoms with Crippen LogP contribution in [0.5, 0.6) is 5.75 Å². The van der Waals surface area contributed by atoms with E-state index in [1.807, 2.05) is 4.90 Å². The predicted octanol–water partition coefficient (Wildman–Crippen LogP) is 2.47. The maximum atomic E-state index is 13.9. The Labute approximate surface area is 154 Å². The molecule has 0 aromatic heterocycles. The SMILES string of the molecule is O=C(Nc1cc(Cl)ccc1O)C(=O)N1CCN(c2ccccc2F)CC1. The lowest BCUT2D eigenvalue weighted by atomic mass is 10.2. The summed E-state index contributed by atoms with van der Waals surface area (Å²) in [5.41, 5.74) is 0.550. The number of carbonyl (C=O) groups excluding carboxylic acids is 2. The van der Waals surface area contributed by atoms with E-state index in [0.717, 1.165) is 0 Å². The molecule has 8 heteroatoms. The van der Waals surface area contributed by atoms with E-state index in [1.165, 1.54) is 29.2 Å².